The van der Waals surface area contributed by atoms with E-state index in [-0.39, 0.29) is 18.0 Å². The van der Waals surface area contributed by atoms with E-state index in [0.717, 1.165) is 24.7 Å². The maximum Gasteiger partial charge on any atom is 0.127 e. The topological polar surface area (TPSA) is 32.7 Å². The molecule has 4 heteroatoms. The molecule has 0 radical (unpaired) electrons. The number of ether oxygens (including phenoxy) is 1. The molecule has 0 bridgehead atoms. The zero-order chi connectivity index (χ0) is 12.4. The van der Waals surface area contributed by atoms with Crippen LogP contribution in [-0.4, -0.2) is 35.3 Å². The molecule has 3 nitrogen and oxygen atoms in total. The summed E-state index contributed by atoms with van der Waals surface area (Å²) in [4.78, 5) is 2.22. The van der Waals surface area contributed by atoms with Crippen molar-refractivity contribution in [2.24, 2.45) is 0 Å². The van der Waals surface area contributed by atoms with Gasteiger partial charge in [-0.1, -0.05) is 0 Å². The Morgan fingerprint density at radius 3 is 2.53 bits per heavy atom. The van der Waals surface area contributed by atoms with Gasteiger partial charge in [-0.25, -0.2) is 4.39 Å². The van der Waals surface area contributed by atoms with Crippen LogP contribution in [0.25, 0.3) is 0 Å². The van der Waals surface area contributed by atoms with E-state index in [0.29, 0.717) is 6.54 Å². The third kappa shape index (κ3) is 3.41. The molecule has 1 aromatic carbocycles. The van der Waals surface area contributed by atoms with Crippen LogP contribution in [0.15, 0.2) is 18.2 Å². The van der Waals surface area contributed by atoms with E-state index in [2.05, 4.69) is 4.90 Å². The summed E-state index contributed by atoms with van der Waals surface area (Å²) >= 11 is 0. The van der Waals surface area contributed by atoms with Crippen LogP contribution in [0.4, 0.5) is 4.39 Å². The van der Waals surface area contributed by atoms with Crippen molar-refractivity contribution in [2.45, 2.75) is 32.6 Å². The second-order valence-electron chi connectivity index (χ2n) is 4.77. The first-order valence-corrected chi connectivity index (χ1v) is 5.89. The molecular formula is C13H18FNO2. The van der Waals surface area contributed by atoms with Crippen LogP contribution in [0.2, 0.25) is 0 Å². The van der Waals surface area contributed by atoms with Crippen LogP contribution < -0.4 is 0 Å². The number of hydrogen-bond acceptors (Lipinski definition) is 3. The van der Waals surface area contributed by atoms with E-state index >= 15 is 0 Å². The lowest BCUT2D eigenvalue weighted by Crippen LogP contribution is -2.44. The zero-order valence-corrected chi connectivity index (χ0v) is 10.2. The highest BCUT2D eigenvalue weighted by atomic mass is 19.1. The number of benzene rings is 1. The quantitative estimate of drug-likeness (QED) is 0.858. The van der Waals surface area contributed by atoms with Gasteiger partial charge in [0, 0.05) is 25.7 Å². The summed E-state index contributed by atoms with van der Waals surface area (Å²) < 4.78 is 18.8. The van der Waals surface area contributed by atoms with Crippen molar-refractivity contribution in [1.82, 2.24) is 4.90 Å². The van der Waals surface area contributed by atoms with Crippen LogP contribution in [0, 0.1) is 5.82 Å². The van der Waals surface area contributed by atoms with Crippen molar-refractivity contribution in [3.8, 4) is 5.75 Å². The summed E-state index contributed by atoms with van der Waals surface area (Å²) in [6, 6.07) is 4.19. The maximum absolute atomic E-state index is 13.1. The van der Waals surface area contributed by atoms with Crippen molar-refractivity contribution >= 4 is 0 Å². The largest absolute Gasteiger partial charge is 0.508 e. The van der Waals surface area contributed by atoms with Crippen LogP contribution in [-0.2, 0) is 11.3 Å². The van der Waals surface area contributed by atoms with E-state index < -0.39 is 5.82 Å². The normalized spacial score (nSPS) is 26.1. The molecule has 2 rings (SSSR count). The Balaban J connectivity index is 2.04. The molecule has 0 aromatic heterocycles. The van der Waals surface area contributed by atoms with Crippen molar-refractivity contribution in [1.29, 1.82) is 0 Å². The van der Waals surface area contributed by atoms with Crippen LogP contribution in [0.1, 0.15) is 19.4 Å². The standard InChI is InChI=1S/C13H18FNO2/c1-9-6-15(7-10(2)17-9)8-11-3-12(14)5-13(16)4-11/h3-5,9-10,16H,6-8H2,1-2H3. The van der Waals surface area contributed by atoms with Gasteiger partial charge < -0.3 is 9.84 Å². The number of phenols is 1. The lowest BCUT2D eigenvalue weighted by Gasteiger charge is -2.35. The molecule has 1 aromatic rings. The third-order valence-electron chi connectivity index (χ3n) is 2.84. The minimum absolute atomic E-state index is 0.0191. The molecule has 1 aliphatic rings. The van der Waals surface area contributed by atoms with Crippen molar-refractivity contribution in [2.75, 3.05) is 13.1 Å². The van der Waals surface area contributed by atoms with Crippen molar-refractivity contribution in [3.63, 3.8) is 0 Å². The molecule has 1 saturated heterocycles. The van der Waals surface area contributed by atoms with Gasteiger partial charge in [-0.15, -0.1) is 0 Å². The Bertz CT molecular complexity index is 367. The van der Waals surface area contributed by atoms with Gasteiger partial charge in [-0.3, -0.25) is 4.90 Å². The summed E-state index contributed by atoms with van der Waals surface area (Å²) in [6.07, 6.45) is 0.391. The number of nitrogens with zero attached hydrogens (tertiary/aromatic N) is 1. The van der Waals surface area contributed by atoms with Crippen LogP contribution >= 0.6 is 0 Å². The highest BCUT2D eigenvalue weighted by molar-refractivity contribution is 5.28. The van der Waals surface area contributed by atoms with Gasteiger partial charge in [-0.05, 0) is 31.5 Å². The Hall–Kier alpha value is -1.13. The fraction of sp³-hybridized carbons (Fsp3) is 0.538. The predicted octanol–water partition coefficient (Wildman–Crippen LogP) is 2.14. The number of halogens is 1. The van der Waals surface area contributed by atoms with Crippen molar-refractivity contribution in [3.05, 3.63) is 29.6 Å². The second kappa shape index (κ2) is 5.02. The average Bonchev–Trinajstić information content (AvgIpc) is 2.13. The third-order valence-corrected chi connectivity index (χ3v) is 2.84. The molecule has 0 saturated carbocycles. The van der Waals surface area contributed by atoms with Gasteiger partial charge in [-0.2, -0.15) is 0 Å². The Morgan fingerprint density at radius 2 is 1.94 bits per heavy atom. The maximum atomic E-state index is 13.1. The average molecular weight is 239 g/mol. The van der Waals surface area contributed by atoms with Gasteiger partial charge >= 0.3 is 0 Å². The van der Waals surface area contributed by atoms with Gasteiger partial charge in [0.05, 0.1) is 12.2 Å². The molecule has 1 aliphatic heterocycles. The number of aromatic hydroxyl groups is 1. The molecular weight excluding hydrogens is 221 g/mol. The Morgan fingerprint density at radius 1 is 1.29 bits per heavy atom. The molecule has 0 amide bonds. The van der Waals surface area contributed by atoms with Gasteiger partial charge in [0.2, 0.25) is 0 Å². The Labute approximate surface area is 101 Å². The molecule has 17 heavy (non-hydrogen) atoms. The first-order chi connectivity index (χ1) is 8.02. The summed E-state index contributed by atoms with van der Waals surface area (Å²) in [6.45, 7) is 6.38. The second-order valence-corrected chi connectivity index (χ2v) is 4.77. The molecule has 94 valence electrons. The van der Waals surface area contributed by atoms with Gasteiger partial charge in [0.25, 0.3) is 0 Å². The van der Waals surface area contributed by atoms with Crippen LogP contribution in [0.5, 0.6) is 5.75 Å². The fourth-order valence-corrected chi connectivity index (χ4v) is 2.40. The highest BCUT2D eigenvalue weighted by Gasteiger charge is 2.22. The lowest BCUT2D eigenvalue weighted by atomic mass is 10.1. The number of rotatable bonds is 2. The zero-order valence-electron chi connectivity index (χ0n) is 10.2. The Kier molecular flexibility index (Phi) is 3.64. The number of phenolic OH excluding ortho intramolecular Hbond substituents is 1. The lowest BCUT2D eigenvalue weighted by molar-refractivity contribution is -0.0705. The number of morpholine rings is 1. The monoisotopic (exact) mass is 239 g/mol. The minimum atomic E-state index is -0.394. The summed E-state index contributed by atoms with van der Waals surface area (Å²) in [7, 11) is 0. The predicted molar refractivity (Wildman–Crippen MR) is 63.4 cm³/mol. The summed E-state index contributed by atoms with van der Waals surface area (Å²) in [5.74, 6) is -0.413. The highest BCUT2D eigenvalue weighted by Crippen LogP contribution is 2.18. The molecule has 2 atom stereocenters. The first-order valence-electron chi connectivity index (χ1n) is 5.89. The van der Waals surface area contributed by atoms with E-state index in [9.17, 15) is 9.50 Å². The molecule has 2 unspecified atom stereocenters. The smallest absolute Gasteiger partial charge is 0.127 e. The van der Waals surface area contributed by atoms with Gasteiger partial charge in [0.1, 0.15) is 11.6 Å². The molecule has 1 heterocycles. The summed E-state index contributed by atoms with van der Waals surface area (Å²) in [5, 5.41) is 9.34. The SMILES string of the molecule is CC1CN(Cc2cc(O)cc(F)c2)CC(C)O1. The first kappa shape index (κ1) is 12.3. The van der Waals surface area contributed by atoms with E-state index in [4.69, 9.17) is 4.74 Å². The molecule has 0 spiro atoms. The van der Waals surface area contributed by atoms with Gasteiger partial charge in [0.15, 0.2) is 0 Å². The van der Waals surface area contributed by atoms with Crippen LogP contribution in [0.3, 0.4) is 0 Å². The molecule has 1 N–H and O–H groups in total. The van der Waals surface area contributed by atoms with E-state index in [1.807, 2.05) is 13.8 Å². The van der Waals surface area contributed by atoms with E-state index in [1.54, 1.807) is 6.07 Å². The minimum Gasteiger partial charge on any atom is -0.508 e. The summed E-state index contributed by atoms with van der Waals surface area (Å²) in [5.41, 5.74) is 0.795. The molecule has 1 fully saturated rings. The fourth-order valence-electron chi connectivity index (χ4n) is 2.40. The molecule has 0 aliphatic carbocycles. The number of hydrogen-bond donors (Lipinski definition) is 1. The van der Waals surface area contributed by atoms with E-state index in [1.165, 1.54) is 6.07 Å². The van der Waals surface area contributed by atoms with Crippen molar-refractivity contribution < 1.29 is 14.2 Å².